The van der Waals surface area contributed by atoms with Gasteiger partial charge in [0, 0.05) is 23.6 Å². The Bertz CT molecular complexity index is 1150. The van der Waals surface area contributed by atoms with Gasteiger partial charge in [-0.1, -0.05) is 54.6 Å². The van der Waals surface area contributed by atoms with Crippen LogP contribution >= 0.6 is 0 Å². The summed E-state index contributed by atoms with van der Waals surface area (Å²) < 4.78 is 7.55. The van der Waals surface area contributed by atoms with E-state index >= 15 is 0 Å². The molecule has 4 rings (SSSR count). The summed E-state index contributed by atoms with van der Waals surface area (Å²) in [5.41, 5.74) is 7.77. The highest BCUT2D eigenvalue weighted by molar-refractivity contribution is 5.90. The quantitative estimate of drug-likeness (QED) is 0.300. The molecule has 1 aromatic heterocycles. The Morgan fingerprint density at radius 2 is 1.76 bits per heavy atom. The number of hydrazine groups is 1. The van der Waals surface area contributed by atoms with E-state index in [2.05, 4.69) is 46.4 Å². The van der Waals surface area contributed by atoms with Crippen LogP contribution < -0.4 is 16.0 Å². The Morgan fingerprint density at radius 1 is 1.00 bits per heavy atom. The number of nitrogens with two attached hydrogens (primary N) is 1. The Balaban J connectivity index is 1.79. The molecule has 5 nitrogen and oxygen atoms in total. The molecule has 0 bridgehead atoms. The minimum Gasteiger partial charge on any atom is -0.497 e. The molecule has 0 aliphatic heterocycles. The number of methoxy groups -OCH3 is 1. The molecular formula is C24H23N3O2. The number of aromatic nitrogens is 1. The number of hydrogen-bond acceptors (Lipinski definition) is 3. The van der Waals surface area contributed by atoms with Crippen LogP contribution in [-0.2, 0) is 17.8 Å². The fourth-order valence-electron chi connectivity index (χ4n) is 3.71. The number of benzene rings is 3. The normalized spacial score (nSPS) is 10.8. The second-order valence-electron chi connectivity index (χ2n) is 6.93. The fourth-order valence-corrected chi connectivity index (χ4v) is 3.71. The van der Waals surface area contributed by atoms with Crippen LogP contribution in [0.25, 0.3) is 22.0 Å². The van der Waals surface area contributed by atoms with Crippen LogP contribution in [0.1, 0.15) is 11.1 Å². The smallest absolute Gasteiger partial charge is 0.238 e. The van der Waals surface area contributed by atoms with E-state index in [1.54, 1.807) is 7.11 Å². The van der Waals surface area contributed by atoms with E-state index in [9.17, 15) is 4.79 Å². The van der Waals surface area contributed by atoms with Crippen molar-refractivity contribution in [1.29, 1.82) is 0 Å². The van der Waals surface area contributed by atoms with Crippen LogP contribution in [0.3, 0.4) is 0 Å². The Kier molecular flexibility index (Phi) is 5.31. The summed E-state index contributed by atoms with van der Waals surface area (Å²) in [5.74, 6) is 5.84. The number of nitrogens with zero attached hydrogens (tertiary/aromatic N) is 1. The number of fused-ring (bicyclic) bond motifs is 1. The summed E-state index contributed by atoms with van der Waals surface area (Å²) >= 11 is 0. The average molecular weight is 385 g/mol. The summed E-state index contributed by atoms with van der Waals surface area (Å²) in [6.07, 6.45) is 2.24. The summed E-state index contributed by atoms with van der Waals surface area (Å²) in [6, 6.07) is 24.7. The molecule has 0 spiro atoms. The Morgan fingerprint density at radius 3 is 2.52 bits per heavy atom. The molecule has 29 heavy (non-hydrogen) atoms. The number of rotatable bonds is 6. The number of nitrogens with one attached hydrogen (secondary N) is 1. The number of hydrogen-bond donors (Lipinski definition) is 2. The maximum atomic E-state index is 11.9. The number of amides is 1. The molecule has 0 aliphatic carbocycles. The fraction of sp³-hybridized carbons (Fsp3) is 0.125. The van der Waals surface area contributed by atoms with Gasteiger partial charge in [0.25, 0.3) is 0 Å². The molecule has 0 aliphatic rings. The highest BCUT2D eigenvalue weighted by atomic mass is 16.5. The lowest BCUT2D eigenvalue weighted by Gasteiger charge is -2.12. The number of carbonyl (C=O) groups is 1. The zero-order valence-electron chi connectivity index (χ0n) is 16.3. The van der Waals surface area contributed by atoms with E-state index in [0.29, 0.717) is 6.54 Å². The summed E-state index contributed by atoms with van der Waals surface area (Å²) in [7, 11) is 1.64. The average Bonchev–Trinajstić information content (AvgIpc) is 3.10. The predicted octanol–water partition coefficient (Wildman–Crippen LogP) is 3.90. The lowest BCUT2D eigenvalue weighted by molar-refractivity contribution is -0.120. The molecule has 0 atom stereocenters. The molecule has 1 heterocycles. The van der Waals surface area contributed by atoms with Crippen LogP contribution in [0.5, 0.6) is 5.75 Å². The minimum absolute atomic E-state index is 0.216. The van der Waals surface area contributed by atoms with Crippen LogP contribution in [0, 0.1) is 0 Å². The zero-order valence-corrected chi connectivity index (χ0v) is 16.3. The van der Waals surface area contributed by atoms with Gasteiger partial charge in [0.2, 0.25) is 5.91 Å². The topological polar surface area (TPSA) is 69.3 Å². The maximum Gasteiger partial charge on any atom is 0.238 e. The summed E-state index contributed by atoms with van der Waals surface area (Å²) in [6.45, 7) is 0.693. The molecule has 3 aromatic carbocycles. The van der Waals surface area contributed by atoms with Crippen molar-refractivity contribution in [3.63, 3.8) is 0 Å². The van der Waals surface area contributed by atoms with E-state index in [0.717, 1.165) is 22.2 Å². The van der Waals surface area contributed by atoms with E-state index in [1.807, 2.05) is 42.6 Å². The van der Waals surface area contributed by atoms with Gasteiger partial charge in [-0.3, -0.25) is 10.2 Å². The van der Waals surface area contributed by atoms with E-state index in [1.165, 1.54) is 16.7 Å². The van der Waals surface area contributed by atoms with E-state index < -0.39 is 0 Å². The molecule has 0 radical (unpaired) electrons. The molecule has 3 N–H and O–H groups in total. The lowest BCUT2D eigenvalue weighted by atomic mass is 10.00. The van der Waals surface area contributed by atoms with Gasteiger partial charge >= 0.3 is 0 Å². The Labute approximate surface area is 169 Å². The van der Waals surface area contributed by atoms with E-state index in [-0.39, 0.29) is 12.3 Å². The monoisotopic (exact) mass is 385 g/mol. The van der Waals surface area contributed by atoms with Crippen molar-refractivity contribution in [2.45, 2.75) is 13.0 Å². The van der Waals surface area contributed by atoms with Gasteiger partial charge in [0.15, 0.2) is 0 Å². The van der Waals surface area contributed by atoms with Gasteiger partial charge in [0.05, 0.1) is 13.5 Å². The highest BCUT2D eigenvalue weighted by Crippen LogP contribution is 2.29. The lowest BCUT2D eigenvalue weighted by Crippen LogP contribution is -2.31. The molecule has 0 saturated carbocycles. The molecule has 4 aromatic rings. The number of ether oxygens (including phenoxy) is 1. The molecule has 146 valence electrons. The molecule has 1 amide bonds. The summed E-state index contributed by atoms with van der Waals surface area (Å²) in [5, 5.41) is 0.991. The molecule has 0 unspecified atom stereocenters. The third-order valence-electron chi connectivity index (χ3n) is 5.13. The van der Waals surface area contributed by atoms with Crippen LogP contribution in [0.4, 0.5) is 0 Å². The molecular weight excluding hydrogens is 362 g/mol. The third kappa shape index (κ3) is 3.86. The first-order valence-electron chi connectivity index (χ1n) is 9.48. The molecule has 0 saturated heterocycles. The van der Waals surface area contributed by atoms with Crippen molar-refractivity contribution in [3.8, 4) is 16.9 Å². The minimum atomic E-state index is -0.225. The second kappa shape index (κ2) is 8.20. The van der Waals surface area contributed by atoms with Crippen molar-refractivity contribution in [2.24, 2.45) is 5.84 Å². The van der Waals surface area contributed by atoms with Crippen LogP contribution in [0.2, 0.25) is 0 Å². The molecule has 0 fully saturated rings. The van der Waals surface area contributed by atoms with E-state index in [4.69, 9.17) is 10.6 Å². The van der Waals surface area contributed by atoms with Crippen LogP contribution in [0.15, 0.2) is 79.0 Å². The van der Waals surface area contributed by atoms with Gasteiger partial charge in [-0.15, -0.1) is 0 Å². The zero-order chi connectivity index (χ0) is 20.2. The maximum absolute atomic E-state index is 11.9. The van der Waals surface area contributed by atoms with Gasteiger partial charge in [-0.25, -0.2) is 5.84 Å². The third-order valence-corrected chi connectivity index (χ3v) is 5.13. The SMILES string of the molecule is COc1ccc2c(c1)c(CC(=O)NN)cn2Cc1ccccc1-c1ccccc1. The van der Waals surface area contributed by atoms with Crippen molar-refractivity contribution in [1.82, 2.24) is 9.99 Å². The van der Waals surface area contributed by atoms with Crippen molar-refractivity contribution in [2.75, 3.05) is 7.11 Å². The summed E-state index contributed by atoms with van der Waals surface area (Å²) in [4.78, 5) is 11.9. The molecule has 5 heteroatoms. The highest BCUT2D eigenvalue weighted by Gasteiger charge is 2.14. The van der Waals surface area contributed by atoms with Gasteiger partial charge < -0.3 is 9.30 Å². The van der Waals surface area contributed by atoms with Crippen molar-refractivity contribution < 1.29 is 9.53 Å². The standard InChI is InChI=1S/C24H23N3O2/c1-29-20-11-12-23-22(14-20)19(13-24(28)26-25)16-27(23)15-18-9-5-6-10-21(18)17-7-3-2-4-8-17/h2-12,14,16H,13,15,25H2,1H3,(H,26,28). The first-order valence-corrected chi connectivity index (χ1v) is 9.48. The largest absolute Gasteiger partial charge is 0.497 e. The van der Waals surface area contributed by atoms with Gasteiger partial charge in [-0.2, -0.15) is 0 Å². The van der Waals surface area contributed by atoms with Crippen molar-refractivity contribution in [3.05, 3.63) is 90.1 Å². The van der Waals surface area contributed by atoms with Crippen LogP contribution in [-0.4, -0.2) is 17.6 Å². The predicted molar refractivity (Wildman–Crippen MR) is 116 cm³/mol. The first kappa shape index (κ1) is 18.8. The first-order chi connectivity index (χ1) is 14.2. The second-order valence-corrected chi connectivity index (χ2v) is 6.93. The number of carbonyl (C=O) groups excluding carboxylic acids is 1. The van der Waals surface area contributed by atoms with Crippen molar-refractivity contribution >= 4 is 16.8 Å². The van der Waals surface area contributed by atoms with Gasteiger partial charge in [0.1, 0.15) is 5.75 Å². The van der Waals surface area contributed by atoms with Gasteiger partial charge in [-0.05, 0) is 40.5 Å². The Hall–Kier alpha value is -3.57.